The molecule has 1 amide bonds. The fourth-order valence-electron chi connectivity index (χ4n) is 3.76. The Kier molecular flexibility index (Phi) is 5.00. The normalized spacial score (nSPS) is 14.2. The van der Waals surface area contributed by atoms with Crippen LogP contribution in [0.25, 0.3) is 22.9 Å². The van der Waals surface area contributed by atoms with Gasteiger partial charge in [-0.1, -0.05) is 30.9 Å². The molecule has 0 spiro atoms. The second-order valence-corrected chi connectivity index (χ2v) is 7.12. The number of carbonyl (C=O) groups is 1. The highest BCUT2D eigenvalue weighted by Gasteiger charge is 2.26. The van der Waals surface area contributed by atoms with Crippen LogP contribution in [-0.4, -0.2) is 50.8 Å². The number of rotatable bonds is 5. The van der Waals surface area contributed by atoms with E-state index >= 15 is 0 Å². The number of hydrogen-bond donors (Lipinski definition) is 2. The third-order valence-electron chi connectivity index (χ3n) is 5.23. The van der Waals surface area contributed by atoms with E-state index in [0.717, 1.165) is 27.8 Å². The van der Waals surface area contributed by atoms with Gasteiger partial charge in [-0.05, 0) is 11.6 Å². The van der Waals surface area contributed by atoms with Gasteiger partial charge in [-0.15, -0.1) is 0 Å². The number of hydrogen-bond acceptors (Lipinski definition) is 6. The summed E-state index contributed by atoms with van der Waals surface area (Å²) in [6.45, 7) is 6.39. The van der Waals surface area contributed by atoms with Crippen LogP contribution in [0.2, 0.25) is 0 Å². The summed E-state index contributed by atoms with van der Waals surface area (Å²) in [5, 5.41) is 3.29. The minimum Gasteiger partial charge on any atom is -0.368 e. The topological polar surface area (TPSA) is 120 Å². The van der Waals surface area contributed by atoms with E-state index in [1.807, 2.05) is 24.3 Å². The highest BCUT2D eigenvalue weighted by molar-refractivity contribution is 5.81. The molecule has 1 aliphatic heterocycles. The maximum Gasteiger partial charge on any atom is 0.332 e. The van der Waals surface area contributed by atoms with Crippen LogP contribution in [0.4, 0.5) is 5.95 Å². The molecule has 0 aliphatic carbocycles. The Morgan fingerprint density at radius 2 is 1.97 bits per heavy atom. The Morgan fingerprint density at radius 1 is 1.27 bits per heavy atom. The van der Waals surface area contributed by atoms with E-state index in [0.29, 0.717) is 24.7 Å². The lowest BCUT2D eigenvalue weighted by Crippen LogP contribution is -2.44. The van der Waals surface area contributed by atoms with Gasteiger partial charge in [0.05, 0.1) is 5.69 Å². The van der Waals surface area contributed by atoms with Crippen molar-refractivity contribution in [1.82, 2.24) is 24.0 Å². The number of para-hydroxylation sites is 1. The first-order chi connectivity index (χ1) is 14.4. The van der Waals surface area contributed by atoms with Gasteiger partial charge in [-0.25, -0.2) is 4.79 Å². The molecule has 3 N–H and O–H groups in total. The minimum absolute atomic E-state index is 0.134. The molecule has 0 bridgehead atoms. The Labute approximate surface area is 171 Å². The van der Waals surface area contributed by atoms with Crippen LogP contribution < -0.4 is 27.2 Å². The number of nitrogens with one attached hydrogen (secondary N) is 1. The Balaban J connectivity index is 2.15. The average molecular weight is 409 g/mol. The standard InChI is InChI=1S/C20H23N7O3/c1-3-13-6-4-5-7-14(13)27-16-17(23-19(27)25-10-8-22-9-11-25)26(12-15(21)28)20(30)24(2)18(16)29/h3-7,22H,1,8-12H2,2H3,(H2,21,28). The number of nitrogens with zero attached hydrogens (tertiary/aromatic N) is 5. The summed E-state index contributed by atoms with van der Waals surface area (Å²) in [6.07, 6.45) is 1.70. The number of fused-ring (bicyclic) bond motifs is 1. The predicted octanol–water partition coefficient (Wildman–Crippen LogP) is -0.576. The highest BCUT2D eigenvalue weighted by Crippen LogP contribution is 2.27. The summed E-state index contributed by atoms with van der Waals surface area (Å²) in [7, 11) is 1.38. The summed E-state index contributed by atoms with van der Waals surface area (Å²) in [6, 6.07) is 7.50. The van der Waals surface area contributed by atoms with Gasteiger partial charge in [0.2, 0.25) is 11.9 Å². The zero-order valence-corrected chi connectivity index (χ0v) is 16.7. The molecule has 0 saturated carbocycles. The number of imidazole rings is 1. The second kappa shape index (κ2) is 7.64. The van der Waals surface area contributed by atoms with E-state index in [-0.39, 0.29) is 17.7 Å². The van der Waals surface area contributed by atoms with E-state index in [4.69, 9.17) is 5.73 Å². The molecule has 2 aromatic heterocycles. The Hall–Kier alpha value is -3.66. The molecule has 0 atom stereocenters. The monoisotopic (exact) mass is 409 g/mol. The van der Waals surface area contributed by atoms with Crippen molar-refractivity contribution in [3.05, 3.63) is 57.2 Å². The lowest BCUT2D eigenvalue weighted by atomic mass is 10.1. The minimum atomic E-state index is -0.693. The first-order valence-corrected chi connectivity index (χ1v) is 9.62. The number of piperazine rings is 1. The van der Waals surface area contributed by atoms with Crippen LogP contribution >= 0.6 is 0 Å². The zero-order valence-electron chi connectivity index (χ0n) is 16.7. The molecule has 30 heavy (non-hydrogen) atoms. The summed E-state index contributed by atoms with van der Waals surface area (Å²) in [4.78, 5) is 44.3. The van der Waals surface area contributed by atoms with E-state index < -0.39 is 17.2 Å². The molecule has 3 aromatic rings. The molecule has 156 valence electrons. The van der Waals surface area contributed by atoms with Crippen LogP contribution in [0.1, 0.15) is 5.56 Å². The molecule has 3 heterocycles. The second-order valence-electron chi connectivity index (χ2n) is 7.12. The smallest absolute Gasteiger partial charge is 0.332 e. The van der Waals surface area contributed by atoms with E-state index in [1.54, 1.807) is 10.6 Å². The van der Waals surface area contributed by atoms with Crippen LogP contribution in [0.5, 0.6) is 0 Å². The van der Waals surface area contributed by atoms with Gasteiger partial charge in [-0.3, -0.25) is 23.3 Å². The highest BCUT2D eigenvalue weighted by atomic mass is 16.2. The van der Waals surface area contributed by atoms with Crippen molar-refractivity contribution in [3.8, 4) is 5.69 Å². The maximum absolute atomic E-state index is 13.2. The van der Waals surface area contributed by atoms with Gasteiger partial charge >= 0.3 is 5.69 Å². The number of aromatic nitrogens is 4. The molecule has 0 unspecified atom stereocenters. The zero-order chi connectivity index (χ0) is 21.4. The number of carbonyl (C=O) groups excluding carboxylic acids is 1. The van der Waals surface area contributed by atoms with E-state index in [2.05, 4.69) is 21.8 Å². The van der Waals surface area contributed by atoms with Crippen LogP contribution in [0.3, 0.4) is 0 Å². The average Bonchev–Trinajstić information content (AvgIpc) is 3.16. The van der Waals surface area contributed by atoms with Crippen LogP contribution in [0.15, 0.2) is 40.4 Å². The number of benzene rings is 1. The van der Waals surface area contributed by atoms with Crippen molar-refractivity contribution in [1.29, 1.82) is 0 Å². The third kappa shape index (κ3) is 3.11. The number of amides is 1. The molecule has 1 saturated heterocycles. The summed E-state index contributed by atoms with van der Waals surface area (Å²) in [5.74, 6) is -0.163. The lowest BCUT2D eigenvalue weighted by molar-refractivity contribution is -0.118. The van der Waals surface area contributed by atoms with Gasteiger partial charge < -0.3 is 16.0 Å². The van der Waals surface area contributed by atoms with Crippen molar-refractivity contribution < 1.29 is 4.79 Å². The molecule has 10 nitrogen and oxygen atoms in total. The van der Waals surface area contributed by atoms with Crippen molar-refractivity contribution in [2.24, 2.45) is 12.8 Å². The van der Waals surface area contributed by atoms with E-state index in [1.165, 1.54) is 7.05 Å². The molecular weight excluding hydrogens is 386 g/mol. The third-order valence-corrected chi connectivity index (χ3v) is 5.23. The lowest BCUT2D eigenvalue weighted by Gasteiger charge is -2.29. The van der Waals surface area contributed by atoms with Gasteiger partial charge in [-0.2, -0.15) is 4.98 Å². The number of anilines is 1. The Morgan fingerprint density at radius 3 is 2.63 bits per heavy atom. The van der Waals surface area contributed by atoms with Crippen molar-refractivity contribution >= 4 is 29.1 Å². The fourth-order valence-corrected chi connectivity index (χ4v) is 3.76. The quantitative estimate of drug-likeness (QED) is 0.582. The maximum atomic E-state index is 13.2. The Bertz CT molecular complexity index is 1260. The number of primary amides is 1. The van der Waals surface area contributed by atoms with Gasteiger partial charge in [0, 0.05) is 33.2 Å². The van der Waals surface area contributed by atoms with Crippen molar-refractivity contribution in [3.63, 3.8) is 0 Å². The van der Waals surface area contributed by atoms with Crippen molar-refractivity contribution in [2.75, 3.05) is 31.1 Å². The molecule has 0 radical (unpaired) electrons. The summed E-state index contributed by atoms with van der Waals surface area (Å²) in [5.41, 5.74) is 6.09. The van der Waals surface area contributed by atoms with Crippen molar-refractivity contribution in [2.45, 2.75) is 6.54 Å². The SMILES string of the molecule is C=Cc1ccccc1-n1c(N2CCNCC2)nc2c1c(=O)n(C)c(=O)n2CC(N)=O. The first-order valence-electron chi connectivity index (χ1n) is 9.62. The molecule has 1 fully saturated rings. The molecular formula is C20H23N7O3. The van der Waals surface area contributed by atoms with Crippen LogP contribution in [0, 0.1) is 0 Å². The van der Waals surface area contributed by atoms with Crippen LogP contribution in [-0.2, 0) is 18.4 Å². The largest absolute Gasteiger partial charge is 0.368 e. The van der Waals surface area contributed by atoms with Gasteiger partial charge in [0.15, 0.2) is 11.2 Å². The summed E-state index contributed by atoms with van der Waals surface area (Å²) < 4.78 is 3.87. The molecule has 1 aromatic carbocycles. The molecule has 10 heteroatoms. The number of nitrogens with two attached hydrogens (primary N) is 1. The molecule has 4 rings (SSSR count). The van der Waals surface area contributed by atoms with Gasteiger partial charge in [0.1, 0.15) is 6.54 Å². The van der Waals surface area contributed by atoms with E-state index in [9.17, 15) is 14.4 Å². The fraction of sp³-hybridized carbons (Fsp3) is 0.300. The predicted molar refractivity (Wildman–Crippen MR) is 115 cm³/mol. The summed E-state index contributed by atoms with van der Waals surface area (Å²) >= 11 is 0. The molecule has 1 aliphatic rings. The van der Waals surface area contributed by atoms with Gasteiger partial charge in [0.25, 0.3) is 5.56 Å². The first kappa shape index (κ1) is 19.6.